The molecule has 0 radical (unpaired) electrons. The molecule has 0 heterocycles. The maximum absolute atomic E-state index is 11.8. The van der Waals surface area contributed by atoms with Crippen molar-refractivity contribution in [2.75, 3.05) is 31.9 Å². The van der Waals surface area contributed by atoms with Crippen LogP contribution in [-0.4, -0.2) is 46.3 Å². The van der Waals surface area contributed by atoms with E-state index in [1.165, 1.54) is 6.42 Å². The Bertz CT molecular complexity index is 422. The summed E-state index contributed by atoms with van der Waals surface area (Å²) < 4.78 is 26.2. The fourth-order valence-corrected chi connectivity index (χ4v) is 2.77. The highest BCUT2D eigenvalue weighted by atomic mass is 127. The number of hydrogen-bond acceptors (Lipinski definition) is 3. The van der Waals surface area contributed by atoms with E-state index in [1.807, 2.05) is 6.92 Å². The lowest BCUT2D eigenvalue weighted by Crippen LogP contribution is -2.38. The number of nitrogens with one attached hydrogen (secondary N) is 3. The predicted molar refractivity (Wildman–Crippen MR) is 98.7 cm³/mol. The average Bonchev–Trinajstić information content (AvgIpc) is 2.33. The Balaban J connectivity index is 0.00000400. The molecule has 0 aromatic rings. The summed E-state index contributed by atoms with van der Waals surface area (Å²) in [5.74, 6) is 1.16. The third-order valence-electron chi connectivity index (χ3n) is 3.20. The first-order valence-electron chi connectivity index (χ1n) is 7.17. The summed E-state index contributed by atoms with van der Waals surface area (Å²) in [6.45, 7) is 7.72. The molecule has 21 heavy (non-hydrogen) atoms. The molecule has 1 saturated carbocycles. The highest BCUT2D eigenvalue weighted by Crippen LogP contribution is 2.25. The lowest BCUT2D eigenvalue weighted by molar-refractivity contribution is 0.316. The third kappa shape index (κ3) is 9.30. The van der Waals surface area contributed by atoms with Crippen molar-refractivity contribution >= 4 is 40.0 Å². The molecule has 0 amide bonds. The van der Waals surface area contributed by atoms with Crippen molar-refractivity contribution in [3.05, 3.63) is 12.7 Å². The Hall–Kier alpha value is -0.350. The van der Waals surface area contributed by atoms with Gasteiger partial charge in [0.25, 0.3) is 0 Å². The van der Waals surface area contributed by atoms with Gasteiger partial charge in [0.2, 0.25) is 10.0 Å². The average molecular weight is 430 g/mol. The number of rotatable bonds is 9. The molecule has 1 aliphatic carbocycles. The second kappa shape index (κ2) is 11.2. The molecule has 6 nitrogen and oxygen atoms in total. The first-order valence-corrected chi connectivity index (χ1v) is 8.83. The number of guanidine groups is 1. The first-order chi connectivity index (χ1) is 9.57. The maximum atomic E-state index is 11.8. The monoisotopic (exact) mass is 430 g/mol. The summed E-state index contributed by atoms with van der Waals surface area (Å²) in [6, 6.07) is 0. The van der Waals surface area contributed by atoms with E-state index in [-0.39, 0.29) is 36.3 Å². The van der Waals surface area contributed by atoms with E-state index >= 15 is 0 Å². The van der Waals surface area contributed by atoms with E-state index in [0.717, 1.165) is 19.4 Å². The standard InChI is InChI=1S/C13H26N4O2S.HI/c1-3-8-15-13(14-4-2)16-9-10-20(18,19)17-11-12-6-5-7-12;/h3,12,17H,1,4-11H2,2H3,(H2,14,15,16);1H. The van der Waals surface area contributed by atoms with E-state index in [0.29, 0.717) is 25.0 Å². The van der Waals surface area contributed by atoms with Gasteiger partial charge in [-0.15, -0.1) is 30.6 Å². The SMILES string of the molecule is C=CCNC(=NCCS(=O)(=O)NCC1CCC1)NCC.I. The highest BCUT2D eigenvalue weighted by Gasteiger charge is 2.19. The first kappa shape index (κ1) is 20.6. The molecule has 0 aromatic carbocycles. The van der Waals surface area contributed by atoms with Crippen LogP contribution in [0.4, 0.5) is 0 Å². The highest BCUT2D eigenvalue weighted by molar-refractivity contribution is 14.0. The van der Waals surface area contributed by atoms with Gasteiger partial charge in [0.15, 0.2) is 5.96 Å². The molecule has 0 aliphatic heterocycles. The van der Waals surface area contributed by atoms with Crippen LogP contribution >= 0.6 is 24.0 Å². The van der Waals surface area contributed by atoms with Gasteiger partial charge in [0.1, 0.15) is 0 Å². The van der Waals surface area contributed by atoms with Gasteiger partial charge in [-0.05, 0) is 25.7 Å². The van der Waals surface area contributed by atoms with Crippen molar-refractivity contribution in [3.63, 3.8) is 0 Å². The van der Waals surface area contributed by atoms with Crippen LogP contribution in [0.5, 0.6) is 0 Å². The molecular formula is C13H27IN4O2S. The topological polar surface area (TPSA) is 82.6 Å². The molecule has 8 heteroatoms. The van der Waals surface area contributed by atoms with Crippen molar-refractivity contribution < 1.29 is 8.42 Å². The van der Waals surface area contributed by atoms with Crippen molar-refractivity contribution in [3.8, 4) is 0 Å². The van der Waals surface area contributed by atoms with Gasteiger partial charge in [-0.3, -0.25) is 4.99 Å². The van der Waals surface area contributed by atoms with Gasteiger partial charge < -0.3 is 10.6 Å². The number of aliphatic imine (C=N–C) groups is 1. The van der Waals surface area contributed by atoms with Crippen LogP contribution in [0.3, 0.4) is 0 Å². The predicted octanol–water partition coefficient (Wildman–Crippen LogP) is 1.06. The van der Waals surface area contributed by atoms with Crippen molar-refractivity contribution in [2.24, 2.45) is 10.9 Å². The molecule has 0 aromatic heterocycles. The van der Waals surface area contributed by atoms with Gasteiger partial charge in [0, 0.05) is 19.6 Å². The molecule has 1 rings (SSSR count). The maximum Gasteiger partial charge on any atom is 0.213 e. The Morgan fingerprint density at radius 1 is 1.38 bits per heavy atom. The molecular weight excluding hydrogens is 403 g/mol. The van der Waals surface area contributed by atoms with Gasteiger partial charge >= 0.3 is 0 Å². The number of nitrogens with zero attached hydrogens (tertiary/aromatic N) is 1. The molecule has 1 fully saturated rings. The molecule has 1 aliphatic rings. The molecule has 0 atom stereocenters. The van der Waals surface area contributed by atoms with Crippen LogP contribution in [-0.2, 0) is 10.0 Å². The Morgan fingerprint density at radius 2 is 2.10 bits per heavy atom. The van der Waals surface area contributed by atoms with Crippen LogP contribution in [0, 0.1) is 5.92 Å². The van der Waals surface area contributed by atoms with Gasteiger partial charge in [-0.1, -0.05) is 12.5 Å². The number of halogens is 1. The minimum absolute atomic E-state index is 0. The second-order valence-corrected chi connectivity index (χ2v) is 6.82. The lowest BCUT2D eigenvalue weighted by Gasteiger charge is -2.25. The summed E-state index contributed by atoms with van der Waals surface area (Å²) in [4.78, 5) is 4.22. The van der Waals surface area contributed by atoms with Gasteiger partial charge in [-0.2, -0.15) is 0 Å². The summed E-state index contributed by atoms with van der Waals surface area (Å²) >= 11 is 0. The smallest absolute Gasteiger partial charge is 0.213 e. The van der Waals surface area contributed by atoms with E-state index in [9.17, 15) is 8.42 Å². The van der Waals surface area contributed by atoms with E-state index in [1.54, 1.807) is 6.08 Å². The Labute approximate surface area is 145 Å². The summed E-state index contributed by atoms with van der Waals surface area (Å²) in [7, 11) is -3.22. The zero-order valence-electron chi connectivity index (χ0n) is 12.6. The third-order valence-corrected chi connectivity index (χ3v) is 4.53. The van der Waals surface area contributed by atoms with E-state index < -0.39 is 10.0 Å². The van der Waals surface area contributed by atoms with E-state index in [4.69, 9.17) is 0 Å². The Kier molecular flexibility index (Phi) is 11.1. The normalized spacial score (nSPS) is 15.8. The van der Waals surface area contributed by atoms with Gasteiger partial charge in [-0.25, -0.2) is 13.1 Å². The van der Waals surface area contributed by atoms with Crippen LogP contribution < -0.4 is 15.4 Å². The minimum atomic E-state index is -3.22. The van der Waals surface area contributed by atoms with Crippen LogP contribution in [0.2, 0.25) is 0 Å². The zero-order chi connectivity index (χ0) is 14.8. The van der Waals surface area contributed by atoms with Crippen LogP contribution in [0.25, 0.3) is 0 Å². The fraction of sp³-hybridized carbons (Fsp3) is 0.769. The van der Waals surface area contributed by atoms with Crippen molar-refractivity contribution in [1.82, 2.24) is 15.4 Å². The molecule has 0 saturated heterocycles. The largest absolute Gasteiger partial charge is 0.357 e. The fourth-order valence-electron chi connectivity index (χ4n) is 1.80. The molecule has 124 valence electrons. The molecule has 0 bridgehead atoms. The summed E-state index contributed by atoms with van der Waals surface area (Å²) in [5, 5.41) is 6.08. The molecule has 3 N–H and O–H groups in total. The van der Waals surface area contributed by atoms with Gasteiger partial charge in [0.05, 0.1) is 12.3 Å². The van der Waals surface area contributed by atoms with Crippen LogP contribution in [0.1, 0.15) is 26.2 Å². The second-order valence-electron chi connectivity index (χ2n) is 4.89. The summed E-state index contributed by atoms with van der Waals surface area (Å²) in [6.07, 6.45) is 5.22. The summed E-state index contributed by atoms with van der Waals surface area (Å²) in [5.41, 5.74) is 0. The quantitative estimate of drug-likeness (QED) is 0.221. The Morgan fingerprint density at radius 3 is 2.62 bits per heavy atom. The number of sulfonamides is 1. The van der Waals surface area contributed by atoms with Crippen molar-refractivity contribution in [1.29, 1.82) is 0 Å². The van der Waals surface area contributed by atoms with E-state index in [2.05, 4.69) is 26.9 Å². The molecule has 0 spiro atoms. The van der Waals surface area contributed by atoms with Crippen molar-refractivity contribution in [2.45, 2.75) is 26.2 Å². The zero-order valence-corrected chi connectivity index (χ0v) is 15.7. The van der Waals surface area contributed by atoms with Crippen LogP contribution in [0.15, 0.2) is 17.6 Å². The lowest BCUT2D eigenvalue weighted by atomic mass is 9.86. The molecule has 0 unspecified atom stereocenters. The number of hydrogen-bond donors (Lipinski definition) is 3. The minimum Gasteiger partial charge on any atom is -0.357 e.